The summed E-state index contributed by atoms with van der Waals surface area (Å²) in [4.78, 5) is 38.8. The monoisotopic (exact) mass is 494 g/mol. The number of barbiturate groups is 1. The molecule has 3 aromatic rings. The summed E-state index contributed by atoms with van der Waals surface area (Å²) in [6, 6.07) is 16.5. The Morgan fingerprint density at radius 3 is 2.46 bits per heavy atom. The Labute approximate surface area is 205 Å². The van der Waals surface area contributed by atoms with E-state index < -0.39 is 17.8 Å². The molecule has 1 aliphatic rings. The largest absolute Gasteiger partial charge is 0.490 e. The summed E-state index contributed by atoms with van der Waals surface area (Å²) in [5.41, 5.74) is 0.738. The molecule has 0 spiro atoms. The maximum atomic E-state index is 13.9. The first-order chi connectivity index (χ1) is 16.9. The van der Waals surface area contributed by atoms with Gasteiger partial charge in [0.15, 0.2) is 11.5 Å². The first-order valence-electron chi connectivity index (χ1n) is 10.7. The Kier molecular flexibility index (Phi) is 7.12. The van der Waals surface area contributed by atoms with Gasteiger partial charge in [-0.2, -0.15) is 0 Å². The summed E-state index contributed by atoms with van der Waals surface area (Å²) >= 11 is 6.16. The molecule has 0 bridgehead atoms. The van der Waals surface area contributed by atoms with Gasteiger partial charge in [0.2, 0.25) is 0 Å². The highest BCUT2D eigenvalue weighted by Gasteiger charge is 2.37. The van der Waals surface area contributed by atoms with Gasteiger partial charge >= 0.3 is 6.03 Å². The van der Waals surface area contributed by atoms with Gasteiger partial charge < -0.3 is 9.47 Å². The van der Waals surface area contributed by atoms with Crippen molar-refractivity contribution in [3.8, 4) is 11.5 Å². The minimum atomic E-state index is -0.892. The van der Waals surface area contributed by atoms with E-state index in [0.29, 0.717) is 29.2 Å². The Morgan fingerprint density at radius 2 is 1.71 bits per heavy atom. The predicted octanol–water partition coefficient (Wildman–Crippen LogP) is 5.12. The number of halogens is 2. The Balaban J connectivity index is 1.63. The molecule has 0 aliphatic carbocycles. The first kappa shape index (κ1) is 24.0. The molecule has 4 rings (SSSR count). The van der Waals surface area contributed by atoms with E-state index >= 15 is 0 Å². The van der Waals surface area contributed by atoms with Crippen LogP contribution in [0.4, 0.5) is 14.9 Å². The molecule has 1 heterocycles. The number of nitrogens with one attached hydrogen (secondary N) is 1. The summed E-state index contributed by atoms with van der Waals surface area (Å²) in [6.07, 6.45) is 1.34. The molecule has 0 unspecified atom stereocenters. The van der Waals surface area contributed by atoms with Crippen molar-refractivity contribution in [1.82, 2.24) is 5.32 Å². The highest BCUT2D eigenvalue weighted by atomic mass is 35.5. The number of urea groups is 1. The smallest absolute Gasteiger partial charge is 0.335 e. The summed E-state index contributed by atoms with van der Waals surface area (Å²) in [5, 5.41) is 2.34. The van der Waals surface area contributed by atoms with E-state index in [1.54, 1.807) is 55.5 Å². The van der Waals surface area contributed by atoms with E-state index in [4.69, 9.17) is 21.1 Å². The topological polar surface area (TPSA) is 84.9 Å². The third-order valence-corrected chi connectivity index (χ3v) is 5.43. The van der Waals surface area contributed by atoms with Crippen molar-refractivity contribution in [3.63, 3.8) is 0 Å². The molecule has 0 radical (unpaired) electrons. The Morgan fingerprint density at radius 1 is 0.971 bits per heavy atom. The van der Waals surface area contributed by atoms with Crippen molar-refractivity contribution in [3.05, 3.63) is 94.3 Å². The van der Waals surface area contributed by atoms with Gasteiger partial charge in [0, 0.05) is 5.56 Å². The van der Waals surface area contributed by atoms with Crippen molar-refractivity contribution in [2.75, 3.05) is 11.5 Å². The lowest BCUT2D eigenvalue weighted by Gasteiger charge is -2.27. The summed E-state index contributed by atoms with van der Waals surface area (Å²) in [7, 11) is 0. The fraction of sp³-hybridized carbons (Fsp3) is 0.115. The molecular weight excluding hydrogens is 475 g/mol. The minimum absolute atomic E-state index is 0.0109. The van der Waals surface area contributed by atoms with Crippen LogP contribution in [0.2, 0.25) is 5.02 Å². The molecule has 0 saturated carbocycles. The molecule has 1 fully saturated rings. The average molecular weight is 495 g/mol. The van der Waals surface area contributed by atoms with E-state index in [1.165, 1.54) is 24.3 Å². The van der Waals surface area contributed by atoms with Crippen LogP contribution in [-0.2, 0) is 16.2 Å². The molecule has 178 valence electrons. The van der Waals surface area contributed by atoms with Crippen LogP contribution < -0.4 is 19.7 Å². The first-order valence-corrected chi connectivity index (χ1v) is 11.1. The van der Waals surface area contributed by atoms with Crippen molar-refractivity contribution >= 4 is 41.2 Å². The van der Waals surface area contributed by atoms with Crippen LogP contribution in [0.3, 0.4) is 0 Å². The second-order valence-electron chi connectivity index (χ2n) is 7.43. The maximum absolute atomic E-state index is 13.9. The van der Waals surface area contributed by atoms with Gasteiger partial charge in [0.25, 0.3) is 11.8 Å². The van der Waals surface area contributed by atoms with Crippen LogP contribution in [0.5, 0.6) is 11.5 Å². The molecule has 9 heteroatoms. The normalized spacial score (nSPS) is 14.8. The average Bonchev–Trinajstić information content (AvgIpc) is 2.83. The van der Waals surface area contributed by atoms with Crippen molar-refractivity contribution in [1.29, 1.82) is 0 Å². The molecule has 0 atom stereocenters. The molecule has 1 saturated heterocycles. The van der Waals surface area contributed by atoms with E-state index in [1.807, 2.05) is 0 Å². The SMILES string of the molecule is CCOc1cc(/C=C2\C(=O)NC(=O)N(c3ccccc3Cl)C2=O)ccc1OCc1ccccc1F. The second kappa shape index (κ2) is 10.4. The summed E-state index contributed by atoms with van der Waals surface area (Å²) in [5.74, 6) is -1.32. The number of hydrogen-bond donors (Lipinski definition) is 1. The Hall–Kier alpha value is -4.17. The van der Waals surface area contributed by atoms with Crippen molar-refractivity contribution in [2.45, 2.75) is 13.5 Å². The number of rotatable bonds is 7. The lowest BCUT2D eigenvalue weighted by atomic mass is 10.1. The number of anilines is 1. The number of para-hydroxylation sites is 1. The molecule has 7 nitrogen and oxygen atoms in total. The number of carbonyl (C=O) groups is 3. The summed E-state index contributed by atoms with van der Waals surface area (Å²) in [6.45, 7) is 2.10. The number of benzene rings is 3. The number of ether oxygens (including phenoxy) is 2. The molecule has 1 N–H and O–H groups in total. The van der Waals surface area contributed by atoms with Crippen molar-refractivity contribution in [2.24, 2.45) is 0 Å². The van der Waals surface area contributed by atoms with E-state index in [0.717, 1.165) is 4.90 Å². The minimum Gasteiger partial charge on any atom is -0.490 e. The van der Waals surface area contributed by atoms with Crippen molar-refractivity contribution < 1.29 is 28.2 Å². The van der Waals surface area contributed by atoms with Crippen LogP contribution in [0.15, 0.2) is 72.3 Å². The lowest BCUT2D eigenvalue weighted by Crippen LogP contribution is -2.54. The molecular formula is C26H20ClFN2O5. The maximum Gasteiger partial charge on any atom is 0.335 e. The zero-order valence-electron chi connectivity index (χ0n) is 18.6. The van der Waals surface area contributed by atoms with Crippen LogP contribution >= 0.6 is 11.6 Å². The fourth-order valence-electron chi connectivity index (χ4n) is 3.45. The van der Waals surface area contributed by atoms with Gasteiger partial charge in [-0.15, -0.1) is 0 Å². The van der Waals surface area contributed by atoms with E-state index in [-0.39, 0.29) is 28.7 Å². The molecule has 1 aliphatic heterocycles. The molecule has 4 amide bonds. The highest BCUT2D eigenvalue weighted by Crippen LogP contribution is 2.32. The number of hydrogen-bond acceptors (Lipinski definition) is 5. The third kappa shape index (κ3) is 5.17. The number of carbonyl (C=O) groups excluding carboxylic acids is 3. The van der Waals surface area contributed by atoms with Crippen LogP contribution in [0.25, 0.3) is 6.08 Å². The van der Waals surface area contributed by atoms with Gasteiger partial charge in [-0.3, -0.25) is 14.9 Å². The number of imide groups is 2. The summed E-state index contributed by atoms with van der Waals surface area (Å²) < 4.78 is 25.3. The van der Waals surface area contributed by atoms with Gasteiger partial charge in [-0.1, -0.05) is 48.0 Å². The predicted molar refractivity (Wildman–Crippen MR) is 129 cm³/mol. The lowest BCUT2D eigenvalue weighted by molar-refractivity contribution is -0.122. The zero-order valence-corrected chi connectivity index (χ0v) is 19.3. The van der Waals surface area contributed by atoms with Gasteiger partial charge in [-0.25, -0.2) is 14.1 Å². The number of amides is 4. The van der Waals surface area contributed by atoms with Gasteiger partial charge in [-0.05, 0) is 48.9 Å². The second-order valence-corrected chi connectivity index (χ2v) is 7.84. The van der Waals surface area contributed by atoms with Gasteiger partial charge in [0.05, 0.1) is 17.3 Å². The number of nitrogens with zero attached hydrogens (tertiary/aromatic N) is 1. The third-order valence-electron chi connectivity index (χ3n) is 5.11. The van der Waals surface area contributed by atoms with Crippen LogP contribution in [0.1, 0.15) is 18.1 Å². The fourth-order valence-corrected chi connectivity index (χ4v) is 3.67. The molecule has 3 aromatic carbocycles. The quantitative estimate of drug-likeness (QED) is 0.364. The van der Waals surface area contributed by atoms with Gasteiger partial charge in [0.1, 0.15) is 18.0 Å². The molecule has 35 heavy (non-hydrogen) atoms. The standard InChI is InChI=1S/C26H20ClFN2O5/c1-2-34-23-14-16(11-12-22(23)35-15-17-7-3-5-9-20(17)28)13-18-24(31)29-26(33)30(25(18)32)21-10-6-4-8-19(21)27/h3-14H,2,15H2,1H3,(H,29,31,33)/b18-13+. The molecule has 0 aromatic heterocycles. The Bertz CT molecular complexity index is 1340. The van der Waals surface area contributed by atoms with Crippen LogP contribution in [0, 0.1) is 5.82 Å². The van der Waals surface area contributed by atoms with Crippen LogP contribution in [-0.4, -0.2) is 24.5 Å². The van der Waals surface area contributed by atoms with E-state index in [9.17, 15) is 18.8 Å². The van der Waals surface area contributed by atoms with E-state index in [2.05, 4.69) is 5.32 Å². The highest BCUT2D eigenvalue weighted by molar-refractivity contribution is 6.42. The zero-order chi connectivity index (χ0) is 24.9.